The lowest BCUT2D eigenvalue weighted by molar-refractivity contribution is 0.0636. The fourth-order valence-electron chi connectivity index (χ4n) is 1.27. The number of hydrogen-bond acceptors (Lipinski definition) is 2. The van der Waals surface area contributed by atoms with Crippen LogP contribution in [0, 0.1) is 5.82 Å². The molecule has 0 saturated heterocycles. The first-order chi connectivity index (χ1) is 8.31. The van der Waals surface area contributed by atoms with Gasteiger partial charge in [0.05, 0.1) is 5.69 Å². The minimum atomic E-state index is -0.599. The Morgan fingerprint density at radius 1 is 1.44 bits per heavy atom. The van der Waals surface area contributed by atoms with E-state index >= 15 is 0 Å². The van der Waals surface area contributed by atoms with Crippen LogP contribution in [0.25, 0.3) is 6.08 Å². The van der Waals surface area contributed by atoms with Crippen molar-refractivity contribution in [2.24, 2.45) is 0 Å². The Labute approximate surface area is 111 Å². The van der Waals surface area contributed by atoms with E-state index in [1.165, 1.54) is 29.8 Å². The number of anilines is 1. The molecule has 0 heterocycles. The van der Waals surface area contributed by atoms with E-state index in [1.807, 2.05) is 0 Å². The maximum absolute atomic E-state index is 13.1. The van der Waals surface area contributed by atoms with E-state index in [0.717, 1.165) is 0 Å². The maximum Gasteiger partial charge on any atom is 0.412 e. The van der Waals surface area contributed by atoms with Crippen LogP contribution in [0.5, 0.6) is 0 Å². The lowest BCUT2D eigenvalue weighted by atomic mass is 10.1. The van der Waals surface area contributed by atoms with Crippen molar-refractivity contribution in [3.05, 3.63) is 35.1 Å². The summed E-state index contributed by atoms with van der Waals surface area (Å²) < 4.78 is 18.2. The summed E-state index contributed by atoms with van der Waals surface area (Å²) in [5.41, 5.74) is 1.56. The molecule has 1 rings (SSSR count). The topological polar surface area (TPSA) is 38.3 Å². The number of hydrogen-bond donors (Lipinski definition) is 1. The maximum atomic E-state index is 13.1. The summed E-state index contributed by atoms with van der Waals surface area (Å²) in [6.07, 6.45) is 0.885. The van der Waals surface area contributed by atoms with Gasteiger partial charge in [0.1, 0.15) is 11.4 Å². The van der Waals surface area contributed by atoms with Gasteiger partial charge in [-0.25, -0.2) is 9.18 Å². The Kier molecular flexibility index (Phi) is 4.73. The SMILES string of the molecule is CC(C)(C)OC(=O)Nc1ccc(F)cc1/C=C/Cl. The number of carbonyl (C=O) groups excluding carboxylic acids is 1. The average molecular weight is 272 g/mol. The zero-order chi connectivity index (χ0) is 13.8. The third-order valence-electron chi connectivity index (χ3n) is 1.89. The first-order valence-electron chi connectivity index (χ1n) is 5.38. The quantitative estimate of drug-likeness (QED) is 0.867. The second kappa shape index (κ2) is 5.87. The number of carbonyl (C=O) groups is 1. The van der Waals surface area contributed by atoms with Gasteiger partial charge in [0.25, 0.3) is 0 Å². The number of halogens is 2. The molecule has 1 N–H and O–H groups in total. The van der Waals surface area contributed by atoms with Crippen molar-refractivity contribution < 1.29 is 13.9 Å². The Hall–Kier alpha value is -1.55. The predicted octanol–water partition coefficient (Wildman–Crippen LogP) is 4.38. The van der Waals surface area contributed by atoms with Gasteiger partial charge in [0.2, 0.25) is 0 Å². The third-order valence-corrected chi connectivity index (χ3v) is 2.02. The molecule has 1 aromatic carbocycles. The molecule has 0 aromatic heterocycles. The first kappa shape index (κ1) is 14.5. The fraction of sp³-hybridized carbons (Fsp3) is 0.308. The number of rotatable bonds is 2. The van der Waals surface area contributed by atoms with Gasteiger partial charge in [-0.1, -0.05) is 11.6 Å². The minimum Gasteiger partial charge on any atom is -0.444 e. The van der Waals surface area contributed by atoms with Crippen LogP contribution in [0.4, 0.5) is 14.9 Å². The monoisotopic (exact) mass is 271 g/mol. The van der Waals surface area contributed by atoms with Crippen molar-refractivity contribution in [1.82, 2.24) is 0 Å². The van der Waals surface area contributed by atoms with Gasteiger partial charge in [-0.2, -0.15) is 0 Å². The molecule has 0 unspecified atom stereocenters. The third kappa shape index (κ3) is 4.75. The number of ether oxygens (including phenoxy) is 1. The number of benzene rings is 1. The fourth-order valence-corrected chi connectivity index (χ4v) is 1.40. The van der Waals surface area contributed by atoms with Gasteiger partial charge in [-0.05, 0) is 45.0 Å². The van der Waals surface area contributed by atoms with Crippen LogP contribution in [-0.2, 0) is 4.74 Å². The zero-order valence-corrected chi connectivity index (χ0v) is 11.2. The molecule has 0 bridgehead atoms. The van der Waals surface area contributed by atoms with Crippen molar-refractivity contribution in [2.75, 3.05) is 5.32 Å². The van der Waals surface area contributed by atoms with Crippen molar-refractivity contribution in [3.8, 4) is 0 Å². The highest BCUT2D eigenvalue weighted by Crippen LogP contribution is 2.20. The molecule has 0 aliphatic rings. The molecule has 0 fully saturated rings. The lowest BCUT2D eigenvalue weighted by Gasteiger charge is -2.20. The standard InChI is InChI=1S/C13H15ClFNO2/c1-13(2,3)18-12(17)16-11-5-4-10(15)8-9(11)6-7-14/h4-8H,1-3H3,(H,16,17)/b7-6+. The summed E-state index contributed by atoms with van der Waals surface area (Å²) in [4.78, 5) is 11.6. The van der Waals surface area contributed by atoms with Crippen molar-refractivity contribution in [2.45, 2.75) is 26.4 Å². The van der Waals surface area contributed by atoms with Gasteiger partial charge in [0.15, 0.2) is 0 Å². The van der Waals surface area contributed by atoms with Crippen molar-refractivity contribution >= 4 is 29.5 Å². The highest BCUT2D eigenvalue weighted by molar-refractivity contribution is 6.27. The largest absolute Gasteiger partial charge is 0.444 e. The van der Waals surface area contributed by atoms with E-state index in [0.29, 0.717) is 11.3 Å². The molecule has 0 spiro atoms. The van der Waals surface area contributed by atoms with Crippen LogP contribution >= 0.6 is 11.6 Å². The van der Waals surface area contributed by atoms with Crippen LogP contribution in [0.1, 0.15) is 26.3 Å². The van der Waals surface area contributed by atoms with E-state index in [9.17, 15) is 9.18 Å². The minimum absolute atomic E-state index is 0.408. The Morgan fingerprint density at radius 3 is 2.67 bits per heavy atom. The highest BCUT2D eigenvalue weighted by atomic mass is 35.5. The molecule has 5 heteroatoms. The molecular weight excluding hydrogens is 257 g/mol. The Balaban J connectivity index is 2.87. The van der Waals surface area contributed by atoms with Gasteiger partial charge in [0, 0.05) is 11.1 Å². The Bertz CT molecular complexity index is 467. The molecule has 0 aliphatic heterocycles. The van der Waals surface area contributed by atoms with E-state index in [1.54, 1.807) is 20.8 Å². The molecular formula is C13H15ClFNO2. The molecule has 0 atom stereocenters. The van der Waals surface area contributed by atoms with E-state index in [4.69, 9.17) is 16.3 Å². The van der Waals surface area contributed by atoms with Crippen LogP contribution < -0.4 is 5.32 Å². The van der Waals surface area contributed by atoms with E-state index in [2.05, 4.69) is 5.32 Å². The van der Waals surface area contributed by atoms with Crippen LogP contribution in [-0.4, -0.2) is 11.7 Å². The molecule has 0 radical (unpaired) electrons. The Morgan fingerprint density at radius 2 is 2.11 bits per heavy atom. The number of amides is 1. The summed E-state index contributed by atoms with van der Waals surface area (Å²) in [6, 6.07) is 3.97. The highest BCUT2D eigenvalue weighted by Gasteiger charge is 2.16. The van der Waals surface area contributed by atoms with E-state index in [-0.39, 0.29) is 0 Å². The second-order valence-electron chi connectivity index (χ2n) is 4.65. The first-order valence-corrected chi connectivity index (χ1v) is 5.82. The lowest BCUT2D eigenvalue weighted by Crippen LogP contribution is -2.27. The smallest absolute Gasteiger partial charge is 0.412 e. The van der Waals surface area contributed by atoms with Crippen LogP contribution in [0.2, 0.25) is 0 Å². The molecule has 0 saturated carbocycles. The van der Waals surface area contributed by atoms with Gasteiger partial charge in [-0.15, -0.1) is 0 Å². The predicted molar refractivity (Wildman–Crippen MR) is 71.1 cm³/mol. The van der Waals surface area contributed by atoms with Gasteiger partial charge >= 0.3 is 6.09 Å². The molecule has 3 nitrogen and oxygen atoms in total. The second-order valence-corrected chi connectivity index (χ2v) is 4.90. The zero-order valence-electron chi connectivity index (χ0n) is 10.5. The summed E-state index contributed by atoms with van der Waals surface area (Å²) in [5.74, 6) is -0.408. The van der Waals surface area contributed by atoms with Gasteiger partial charge in [-0.3, -0.25) is 5.32 Å². The average Bonchev–Trinajstić information content (AvgIpc) is 2.20. The summed E-state index contributed by atoms with van der Waals surface area (Å²) in [7, 11) is 0. The van der Waals surface area contributed by atoms with Crippen molar-refractivity contribution in [3.63, 3.8) is 0 Å². The summed E-state index contributed by atoms with van der Waals surface area (Å²) >= 11 is 5.46. The van der Waals surface area contributed by atoms with Crippen molar-refractivity contribution in [1.29, 1.82) is 0 Å². The summed E-state index contributed by atoms with van der Waals surface area (Å²) in [6.45, 7) is 5.28. The normalized spacial score (nSPS) is 11.6. The number of nitrogens with one attached hydrogen (secondary N) is 1. The molecule has 0 aliphatic carbocycles. The molecule has 18 heavy (non-hydrogen) atoms. The van der Waals surface area contributed by atoms with Crippen LogP contribution in [0.15, 0.2) is 23.7 Å². The van der Waals surface area contributed by atoms with Gasteiger partial charge < -0.3 is 4.74 Å². The van der Waals surface area contributed by atoms with E-state index < -0.39 is 17.5 Å². The summed E-state index contributed by atoms with van der Waals surface area (Å²) in [5, 5.41) is 2.54. The molecule has 1 aromatic rings. The molecule has 98 valence electrons. The molecule has 1 amide bonds. The van der Waals surface area contributed by atoms with Crippen LogP contribution in [0.3, 0.4) is 0 Å².